The molecule has 3 nitrogen and oxygen atoms in total. The Labute approximate surface area is 317 Å². The number of furan rings is 1. The normalized spacial score (nSPS) is 11.6. The van der Waals surface area contributed by atoms with Crippen molar-refractivity contribution in [3.63, 3.8) is 0 Å². The van der Waals surface area contributed by atoms with Crippen molar-refractivity contribution in [3.05, 3.63) is 194 Å². The van der Waals surface area contributed by atoms with Crippen molar-refractivity contribution in [3.8, 4) is 56.2 Å². The van der Waals surface area contributed by atoms with Crippen molar-refractivity contribution < 1.29 is 4.42 Å². The monoisotopic (exact) mass is 700 g/mol. The van der Waals surface area contributed by atoms with Gasteiger partial charge in [-0.25, -0.2) is 9.97 Å². The summed E-state index contributed by atoms with van der Waals surface area (Å²) in [5, 5.41) is 9.68. The van der Waals surface area contributed by atoms with Gasteiger partial charge in [0.05, 0.1) is 11.4 Å². The molecule has 0 N–H and O–H groups in total. The van der Waals surface area contributed by atoms with Gasteiger partial charge in [0.15, 0.2) is 5.82 Å². The predicted molar refractivity (Wildman–Crippen MR) is 229 cm³/mol. The lowest BCUT2D eigenvalue weighted by Crippen LogP contribution is -1.96. The number of fused-ring (bicyclic) bond motifs is 7. The number of para-hydroxylation sites is 1. The van der Waals surface area contributed by atoms with E-state index in [0.29, 0.717) is 5.82 Å². The summed E-state index contributed by atoms with van der Waals surface area (Å²) >= 11 is 0. The van der Waals surface area contributed by atoms with Crippen LogP contribution in [0.15, 0.2) is 199 Å². The van der Waals surface area contributed by atoms with Gasteiger partial charge in [-0.15, -0.1) is 0 Å². The fraction of sp³-hybridized carbons (Fsp3) is 0. The molecule has 9 aromatic carbocycles. The minimum Gasteiger partial charge on any atom is -0.456 e. The van der Waals surface area contributed by atoms with E-state index in [9.17, 15) is 0 Å². The Morgan fingerprint density at radius 2 is 0.836 bits per heavy atom. The molecule has 11 aromatic rings. The molecule has 0 radical (unpaired) electrons. The van der Waals surface area contributed by atoms with E-state index < -0.39 is 0 Å². The van der Waals surface area contributed by atoms with Crippen LogP contribution in [0.3, 0.4) is 0 Å². The van der Waals surface area contributed by atoms with E-state index in [-0.39, 0.29) is 0 Å². The molecule has 0 bridgehead atoms. The lowest BCUT2D eigenvalue weighted by Gasteiger charge is -2.19. The van der Waals surface area contributed by atoms with Gasteiger partial charge in [0.1, 0.15) is 11.2 Å². The summed E-state index contributed by atoms with van der Waals surface area (Å²) in [5.74, 6) is 0.683. The fourth-order valence-corrected chi connectivity index (χ4v) is 8.32. The van der Waals surface area contributed by atoms with E-state index >= 15 is 0 Å². The van der Waals surface area contributed by atoms with Crippen LogP contribution < -0.4 is 0 Å². The molecule has 2 aromatic heterocycles. The van der Waals surface area contributed by atoms with Crippen molar-refractivity contribution >= 4 is 54.3 Å². The van der Waals surface area contributed by atoms with Crippen LogP contribution >= 0.6 is 0 Å². The fourth-order valence-electron chi connectivity index (χ4n) is 8.32. The van der Waals surface area contributed by atoms with E-state index in [2.05, 4.69) is 158 Å². The molecule has 3 heteroatoms. The van der Waals surface area contributed by atoms with Crippen molar-refractivity contribution in [1.29, 1.82) is 0 Å². The number of benzene rings is 9. The van der Waals surface area contributed by atoms with Crippen LogP contribution in [0.4, 0.5) is 0 Å². The number of aromatic nitrogens is 2. The average Bonchev–Trinajstić information content (AvgIpc) is 3.64. The smallest absolute Gasteiger partial charge is 0.160 e. The average molecular weight is 701 g/mol. The SMILES string of the molecule is c1ccc(-c2nc(-c3ccc(-c4c5ccccc5c(-c5ccccc5)c5c4ccc4ccccc45)cc3)cc(-c3ccc4c(c3)oc3ccccc34)n2)cc1. The van der Waals surface area contributed by atoms with Crippen LogP contribution in [0, 0.1) is 0 Å². The lowest BCUT2D eigenvalue weighted by atomic mass is 9.84. The molecule has 11 rings (SSSR count). The first-order chi connectivity index (χ1) is 27.3. The summed E-state index contributed by atoms with van der Waals surface area (Å²) in [7, 11) is 0. The van der Waals surface area contributed by atoms with Gasteiger partial charge in [0.25, 0.3) is 0 Å². The van der Waals surface area contributed by atoms with Crippen molar-refractivity contribution in [1.82, 2.24) is 9.97 Å². The van der Waals surface area contributed by atoms with Gasteiger partial charge in [0, 0.05) is 27.5 Å². The van der Waals surface area contributed by atoms with E-state index in [1.807, 2.05) is 36.4 Å². The maximum absolute atomic E-state index is 6.27. The van der Waals surface area contributed by atoms with Crippen LogP contribution in [-0.4, -0.2) is 9.97 Å². The molecule has 0 aliphatic heterocycles. The molecular formula is C52H32N2O. The number of hydrogen-bond donors (Lipinski definition) is 0. The van der Waals surface area contributed by atoms with Gasteiger partial charge in [-0.3, -0.25) is 0 Å². The van der Waals surface area contributed by atoms with Gasteiger partial charge in [-0.2, -0.15) is 0 Å². The molecule has 0 fully saturated rings. The van der Waals surface area contributed by atoms with Gasteiger partial charge < -0.3 is 4.42 Å². The van der Waals surface area contributed by atoms with E-state index in [1.54, 1.807) is 0 Å². The van der Waals surface area contributed by atoms with Crippen LogP contribution in [0.25, 0.3) is 110 Å². The molecule has 256 valence electrons. The molecule has 0 spiro atoms. The Morgan fingerprint density at radius 1 is 0.309 bits per heavy atom. The second-order valence-corrected chi connectivity index (χ2v) is 14.1. The highest BCUT2D eigenvalue weighted by Crippen LogP contribution is 2.46. The summed E-state index contributed by atoms with van der Waals surface area (Å²) in [4.78, 5) is 10.2. The highest BCUT2D eigenvalue weighted by Gasteiger charge is 2.19. The first kappa shape index (κ1) is 31.2. The zero-order valence-corrected chi connectivity index (χ0v) is 29.8. The highest BCUT2D eigenvalue weighted by molar-refractivity contribution is 6.27. The number of rotatable bonds is 5. The minimum atomic E-state index is 0.683. The quantitative estimate of drug-likeness (QED) is 0.133. The molecule has 0 amide bonds. The summed E-state index contributed by atoms with van der Waals surface area (Å²) in [5.41, 5.74) is 11.3. The summed E-state index contributed by atoms with van der Waals surface area (Å²) in [6, 6.07) is 68.7. The molecule has 55 heavy (non-hydrogen) atoms. The van der Waals surface area contributed by atoms with Crippen LogP contribution in [-0.2, 0) is 0 Å². The Bertz CT molecular complexity index is 3240. The van der Waals surface area contributed by atoms with Crippen molar-refractivity contribution in [2.75, 3.05) is 0 Å². The Hall–Kier alpha value is -7.36. The molecular weight excluding hydrogens is 669 g/mol. The summed E-state index contributed by atoms with van der Waals surface area (Å²) < 4.78 is 6.27. The number of nitrogens with zero attached hydrogens (tertiary/aromatic N) is 2. The molecule has 0 saturated carbocycles. The molecule has 0 aliphatic carbocycles. The van der Waals surface area contributed by atoms with Crippen LogP contribution in [0.5, 0.6) is 0 Å². The van der Waals surface area contributed by atoms with Gasteiger partial charge >= 0.3 is 0 Å². The third-order valence-electron chi connectivity index (χ3n) is 10.9. The first-order valence-electron chi connectivity index (χ1n) is 18.7. The van der Waals surface area contributed by atoms with Crippen molar-refractivity contribution in [2.24, 2.45) is 0 Å². The second-order valence-electron chi connectivity index (χ2n) is 14.1. The Kier molecular flexibility index (Phi) is 7.17. The molecule has 0 aliphatic rings. The molecule has 0 saturated heterocycles. The van der Waals surface area contributed by atoms with Crippen LogP contribution in [0.2, 0.25) is 0 Å². The maximum atomic E-state index is 6.27. The molecule has 0 atom stereocenters. The third-order valence-corrected chi connectivity index (χ3v) is 10.9. The summed E-state index contributed by atoms with van der Waals surface area (Å²) in [6.07, 6.45) is 0. The Balaban J connectivity index is 1.09. The standard InChI is InChI=1S/C52H32N2O/c1-3-14-35(15-4-1)50-43-21-10-9-20-42(43)49(44-30-27-33-13-7-8-18-39(33)51(44)50)36-25-23-34(24-26-36)45-32-46(54-52(53-45)37-16-5-2-6-17-37)38-28-29-41-40-19-11-12-22-47(40)55-48(41)31-38/h1-32H. The van der Waals surface area contributed by atoms with E-state index in [4.69, 9.17) is 14.4 Å². The van der Waals surface area contributed by atoms with E-state index in [0.717, 1.165) is 55.6 Å². The topological polar surface area (TPSA) is 38.9 Å². The maximum Gasteiger partial charge on any atom is 0.160 e. The zero-order valence-electron chi connectivity index (χ0n) is 29.8. The minimum absolute atomic E-state index is 0.683. The first-order valence-corrected chi connectivity index (χ1v) is 18.7. The molecule has 2 heterocycles. The third kappa shape index (κ3) is 5.20. The van der Waals surface area contributed by atoms with E-state index in [1.165, 1.54) is 49.0 Å². The van der Waals surface area contributed by atoms with Gasteiger partial charge in [-0.05, 0) is 78.8 Å². The Morgan fingerprint density at radius 3 is 1.60 bits per heavy atom. The largest absolute Gasteiger partial charge is 0.456 e. The zero-order chi connectivity index (χ0) is 36.3. The molecule has 0 unspecified atom stereocenters. The van der Waals surface area contributed by atoms with Gasteiger partial charge in [-0.1, -0.05) is 170 Å². The second kappa shape index (κ2) is 12.6. The lowest BCUT2D eigenvalue weighted by molar-refractivity contribution is 0.669. The van der Waals surface area contributed by atoms with Crippen LogP contribution in [0.1, 0.15) is 0 Å². The van der Waals surface area contributed by atoms with Crippen molar-refractivity contribution in [2.45, 2.75) is 0 Å². The highest BCUT2D eigenvalue weighted by atomic mass is 16.3. The number of hydrogen-bond acceptors (Lipinski definition) is 3. The van der Waals surface area contributed by atoms with Gasteiger partial charge in [0.2, 0.25) is 0 Å². The predicted octanol–water partition coefficient (Wildman–Crippen LogP) is 14.2. The summed E-state index contributed by atoms with van der Waals surface area (Å²) in [6.45, 7) is 0.